The number of hydrogen-bond acceptors (Lipinski definition) is 7. The average Bonchev–Trinajstić information content (AvgIpc) is 3.12. The molecule has 0 aromatic rings. The van der Waals surface area contributed by atoms with Gasteiger partial charge in [-0.1, -0.05) is 146 Å². The minimum Gasteiger partial charge on any atom is -0.462 e. The highest BCUT2D eigenvalue weighted by atomic mass is 31.2. The van der Waals surface area contributed by atoms with Crippen LogP contribution in [-0.4, -0.2) is 74.9 Å². The van der Waals surface area contributed by atoms with Gasteiger partial charge in [-0.15, -0.1) is 6.58 Å². The number of nitrogens with zero attached hydrogens (tertiary/aromatic N) is 1. The lowest BCUT2D eigenvalue weighted by atomic mass is 10.0. The summed E-state index contributed by atoms with van der Waals surface area (Å²) in [5, 5.41) is 0. The van der Waals surface area contributed by atoms with Gasteiger partial charge in [0.15, 0.2) is 6.10 Å². The van der Waals surface area contributed by atoms with Gasteiger partial charge in [0, 0.05) is 12.8 Å². The monoisotopic (exact) mass is 785 g/mol. The Labute approximate surface area is 331 Å². The zero-order valence-electron chi connectivity index (χ0n) is 35.3. The minimum atomic E-state index is -4.38. The third kappa shape index (κ3) is 39.9. The quantitative estimate of drug-likeness (QED) is 0.0163. The number of unbranched alkanes of at least 4 members (excludes halogenated alkanes) is 22. The summed E-state index contributed by atoms with van der Waals surface area (Å²) < 4.78 is 34.3. The van der Waals surface area contributed by atoms with E-state index in [4.69, 9.17) is 18.5 Å². The lowest BCUT2D eigenvalue weighted by Crippen LogP contribution is -2.37. The number of hydrogen-bond donors (Lipinski definition) is 1. The second kappa shape index (κ2) is 36.8. The molecule has 0 aliphatic carbocycles. The molecule has 0 rings (SSSR count). The van der Waals surface area contributed by atoms with Crippen LogP contribution in [0.5, 0.6) is 0 Å². The molecule has 0 fully saturated rings. The summed E-state index contributed by atoms with van der Waals surface area (Å²) in [5.74, 6) is -0.817. The average molecular weight is 785 g/mol. The lowest BCUT2D eigenvalue weighted by molar-refractivity contribution is -0.870. The number of allylic oxidation sites excluding steroid dienone is 5. The fourth-order valence-corrected chi connectivity index (χ4v) is 6.61. The Morgan fingerprint density at radius 2 is 1.07 bits per heavy atom. The Morgan fingerprint density at radius 1 is 0.630 bits per heavy atom. The Kier molecular flexibility index (Phi) is 35.6. The van der Waals surface area contributed by atoms with E-state index in [-0.39, 0.29) is 32.0 Å². The molecule has 1 unspecified atom stereocenters. The summed E-state index contributed by atoms with van der Waals surface area (Å²) in [6.45, 7) is 5.90. The van der Waals surface area contributed by atoms with Crippen molar-refractivity contribution in [3.05, 3.63) is 37.0 Å². The van der Waals surface area contributed by atoms with E-state index in [0.717, 1.165) is 64.2 Å². The molecule has 9 nitrogen and oxygen atoms in total. The topological polar surface area (TPSA) is 108 Å². The maximum Gasteiger partial charge on any atom is 0.472 e. The van der Waals surface area contributed by atoms with E-state index >= 15 is 0 Å². The molecule has 0 spiro atoms. The van der Waals surface area contributed by atoms with E-state index in [1.807, 2.05) is 27.2 Å². The molecule has 0 saturated carbocycles. The molecule has 0 bridgehead atoms. The third-order valence-electron chi connectivity index (χ3n) is 9.32. The van der Waals surface area contributed by atoms with Gasteiger partial charge in [-0.25, -0.2) is 4.57 Å². The van der Waals surface area contributed by atoms with Gasteiger partial charge in [0.05, 0.1) is 27.7 Å². The van der Waals surface area contributed by atoms with E-state index in [0.29, 0.717) is 17.4 Å². The van der Waals surface area contributed by atoms with Crippen LogP contribution in [0.15, 0.2) is 37.0 Å². The van der Waals surface area contributed by atoms with Crippen molar-refractivity contribution in [2.75, 3.05) is 47.5 Å². The molecule has 10 heteroatoms. The number of rotatable bonds is 40. The first-order chi connectivity index (χ1) is 26.0. The maximum atomic E-state index is 12.7. The van der Waals surface area contributed by atoms with Gasteiger partial charge in [0.2, 0.25) is 0 Å². The first kappa shape index (κ1) is 52.2. The lowest BCUT2D eigenvalue weighted by Gasteiger charge is -2.24. The molecule has 0 radical (unpaired) electrons. The molecule has 1 N–H and O–H groups in total. The van der Waals surface area contributed by atoms with Gasteiger partial charge in [-0.3, -0.25) is 18.6 Å². The van der Waals surface area contributed by atoms with Crippen molar-refractivity contribution in [2.45, 2.75) is 186 Å². The number of carbonyl (C=O) groups is 2. The van der Waals surface area contributed by atoms with Crippen LogP contribution in [0, 0.1) is 0 Å². The number of carbonyl (C=O) groups excluding carboxylic acids is 2. The third-order valence-corrected chi connectivity index (χ3v) is 10.3. The van der Waals surface area contributed by atoms with E-state index in [2.05, 4.69) is 37.8 Å². The van der Waals surface area contributed by atoms with Crippen molar-refractivity contribution in [3.8, 4) is 0 Å². The maximum absolute atomic E-state index is 12.7. The predicted molar refractivity (Wildman–Crippen MR) is 224 cm³/mol. The van der Waals surface area contributed by atoms with E-state index in [9.17, 15) is 19.0 Å². The molecule has 0 aromatic carbocycles. The van der Waals surface area contributed by atoms with Crippen molar-refractivity contribution < 1.29 is 42.1 Å². The van der Waals surface area contributed by atoms with E-state index in [1.54, 1.807) is 0 Å². The van der Waals surface area contributed by atoms with Gasteiger partial charge >= 0.3 is 19.8 Å². The second-order valence-corrected chi connectivity index (χ2v) is 17.3. The molecule has 316 valence electrons. The highest BCUT2D eigenvalue weighted by Crippen LogP contribution is 2.43. The molecule has 0 aliphatic heterocycles. The number of ether oxygens (including phenoxy) is 2. The standard InChI is InChI=1S/C44H82NO8P/c1-6-8-10-12-14-16-18-20-22-24-26-28-30-32-34-36-43(46)50-40-42(41-52-54(48,49)51-39-38-45(3,4)5)53-44(47)37-35-33-31-29-27-25-23-21-19-17-15-13-11-9-7-2/h6,17,19,21,23,42H,1,7-16,18,20,22,24-41H2,2-5H3/p+1/b19-17+,23-21+/t42-/m1/s1. The molecular weight excluding hydrogens is 701 g/mol. The highest BCUT2D eigenvalue weighted by molar-refractivity contribution is 7.47. The van der Waals surface area contributed by atoms with Crippen molar-refractivity contribution in [2.24, 2.45) is 0 Å². The summed E-state index contributed by atoms with van der Waals surface area (Å²) >= 11 is 0. The number of phosphoric ester groups is 1. The largest absolute Gasteiger partial charge is 0.472 e. The zero-order chi connectivity index (χ0) is 40.0. The normalized spacial score (nSPS) is 13.7. The fourth-order valence-electron chi connectivity index (χ4n) is 5.87. The second-order valence-electron chi connectivity index (χ2n) is 15.8. The number of quaternary nitrogens is 1. The van der Waals surface area contributed by atoms with Crippen LogP contribution in [0.3, 0.4) is 0 Å². The molecule has 0 amide bonds. The van der Waals surface area contributed by atoms with Crippen LogP contribution in [-0.2, 0) is 32.7 Å². The SMILES string of the molecule is C=CCCCCCCCCCCCCCCCC(=O)OC[C@H](COP(=O)(O)OCC[N+](C)(C)C)OC(=O)CCCCCCC/C=C/C=C/CCCCCC. The van der Waals surface area contributed by atoms with Gasteiger partial charge < -0.3 is 18.9 Å². The minimum absolute atomic E-state index is 0.0280. The summed E-state index contributed by atoms with van der Waals surface area (Å²) in [4.78, 5) is 35.3. The van der Waals surface area contributed by atoms with Gasteiger partial charge in [0.25, 0.3) is 0 Å². The first-order valence-electron chi connectivity index (χ1n) is 21.7. The van der Waals surface area contributed by atoms with Crippen LogP contribution in [0.4, 0.5) is 0 Å². The van der Waals surface area contributed by atoms with Crippen molar-refractivity contribution in [1.29, 1.82) is 0 Å². The molecule has 0 heterocycles. The Balaban J connectivity index is 4.37. The molecule has 0 aromatic heterocycles. The molecule has 0 saturated heterocycles. The van der Waals surface area contributed by atoms with E-state index < -0.39 is 26.5 Å². The molecular formula is C44H83NO8P+. The van der Waals surface area contributed by atoms with Gasteiger partial charge in [-0.05, 0) is 51.4 Å². The van der Waals surface area contributed by atoms with E-state index in [1.165, 1.54) is 89.9 Å². The van der Waals surface area contributed by atoms with Gasteiger partial charge in [0.1, 0.15) is 19.8 Å². The smallest absolute Gasteiger partial charge is 0.462 e. The van der Waals surface area contributed by atoms with Crippen molar-refractivity contribution >= 4 is 19.8 Å². The molecule has 54 heavy (non-hydrogen) atoms. The van der Waals surface area contributed by atoms with Gasteiger partial charge in [-0.2, -0.15) is 0 Å². The Hall–Kier alpha value is -1.77. The number of phosphoric acid groups is 1. The summed E-state index contributed by atoms with van der Waals surface area (Å²) in [5.41, 5.74) is 0. The van der Waals surface area contributed by atoms with Crippen LogP contribution < -0.4 is 0 Å². The summed E-state index contributed by atoms with van der Waals surface area (Å²) in [7, 11) is 1.46. The number of esters is 2. The molecule has 2 atom stereocenters. The summed E-state index contributed by atoms with van der Waals surface area (Å²) in [6, 6.07) is 0. The first-order valence-corrected chi connectivity index (χ1v) is 23.2. The Morgan fingerprint density at radius 3 is 1.56 bits per heavy atom. The van der Waals surface area contributed by atoms with Crippen LogP contribution >= 0.6 is 7.82 Å². The van der Waals surface area contributed by atoms with Crippen molar-refractivity contribution in [3.63, 3.8) is 0 Å². The molecule has 0 aliphatic rings. The predicted octanol–water partition coefficient (Wildman–Crippen LogP) is 12.1. The fraction of sp³-hybridized carbons (Fsp3) is 0.818. The summed E-state index contributed by atoms with van der Waals surface area (Å²) in [6.07, 6.45) is 39.3. The highest BCUT2D eigenvalue weighted by Gasteiger charge is 2.27. The van der Waals surface area contributed by atoms with Crippen LogP contribution in [0.2, 0.25) is 0 Å². The van der Waals surface area contributed by atoms with Crippen LogP contribution in [0.25, 0.3) is 0 Å². The Bertz CT molecular complexity index is 1010. The van der Waals surface area contributed by atoms with Crippen LogP contribution in [0.1, 0.15) is 180 Å². The zero-order valence-corrected chi connectivity index (χ0v) is 36.2. The number of likely N-dealkylation sites (N-methyl/N-ethyl adjacent to an activating group) is 1. The van der Waals surface area contributed by atoms with Crippen molar-refractivity contribution in [1.82, 2.24) is 0 Å².